The standard InChI is InChI=1S/C17H21N2O/c1-2-7-15(8-3-1)9-6-10-16-12-13-19(18-16)17-11-4-5-14-20-17/h1-3,6-8,12-13,17H,4-5,9-11,14H2. The average molecular weight is 269 g/mol. The van der Waals surface area contributed by atoms with Crippen LogP contribution >= 0.6 is 0 Å². The minimum Gasteiger partial charge on any atom is -0.357 e. The van der Waals surface area contributed by atoms with Gasteiger partial charge in [-0.05, 0) is 50.2 Å². The molecule has 3 nitrogen and oxygen atoms in total. The zero-order valence-corrected chi connectivity index (χ0v) is 11.7. The molecule has 1 saturated heterocycles. The van der Waals surface area contributed by atoms with E-state index in [4.69, 9.17) is 4.74 Å². The first-order valence-corrected chi connectivity index (χ1v) is 7.43. The van der Waals surface area contributed by atoms with Crippen molar-refractivity contribution < 1.29 is 4.74 Å². The number of rotatable bonds is 5. The van der Waals surface area contributed by atoms with Crippen LogP contribution in [0.25, 0.3) is 0 Å². The van der Waals surface area contributed by atoms with Gasteiger partial charge in [0, 0.05) is 12.8 Å². The lowest BCUT2D eigenvalue weighted by Gasteiger charge is -2.22. The fourth-order valence-corrected chi connectivity index (χ4v) is 2.58. The maximum Gasteiger partial charge on any atom is 0.150 e. The number of aromatic nitrogens is 2. The highest BCUT2D eigenvalue weighted by molar-refractivity contribution is 5.17. The van der Waals surface area contributed by atoms with Crippen molar-refractivity contribution in [3.05, 3.63) is 60.3 Å². The van der Waals surface area contributed by atoms with Gasteiger partial charge in [0.25, 0.3) is 0 Å². The Bertz CT molecular complexity index is 515. The van der Waals surface area contributed by atoms with Crippen molar-refractivity contribution in [3.63, 3.8) is 0 Å². The van der Waals surface area contributed by atoms with Crippen LogP contribution in [0.3, 0.4) is 0 Å². The maximum atomic E-state index is 5.74. The van der Waals surface area contributed by atoms with Crippen LogP contribution in [0.5, 0.6) is 0 Å². The van der Waals surface area contributed by atoms with Crippen LogP contribution in [0.2, 0.25) is 0 Å². The Morgan fingerprint density at radius 2 is 2.05 bits per heavy atom. The first-order valence-electron chi connectivity index (χ1n) is 7.43. The summed E-state index contributed by atoms with van der Waals surface area (Å²) in [7, 11) is 0. The fourth-order valence-electron chi connectivity index (χ4n) is 2.58. The number of hydrogen-bond donors (Lipinski definition) is 0. The predicted molar refractivity (Wildman–Crippen MR) is 79.2 cm³/mol. The molecular weight excluding hydrogens is 248 g/mol. The van der Waals surface area contributed by atoms with Gasteiger partial charge in [-0.15, -0.1) is 0 Å². The molecule has 0 amide bonds. The molecule has 1 fully saturated rings. The average Bonchev–Trinajstić information content (AvgIpc) is 2.98. The molecule has 1 atom stereocenters. The largest absolute Gasteiger partial charge is 0.357 e. The third kappa shape index (κ3) is 3.48. The van der Waals surface area contributed by atoms with Gasteiger partial charge < -0.3 is 4.74 Å². The molecule has 1 radical (unpaired) electrons. The highest BCUT2D eigenvalue weighted by Crippen LogP contribution is 2.21. The van der Waals surface area contributed by atoms with Gasteiger partial charge >= 0.3 is 0 Å². The number of nitrogens with zero attached hydrogens (tertiary/aromatic N) is 2. The molecule has 1 aromatic heterocycles. The second kappa shape index (κ2) is 6.71. The molecule has 105 valence electrons. The lowest BCUT2D eigenvalue weighted by molar-refractivity contribution is -0.0396. The van der Waals surface area contributed by atoms with E-state index in [0.29, 0.717) is 0 Å². The van der Waals surface area contributed by atoms with Crippen molar-refractivity contribution in [3.8, 4) is 0 Å². The van der Waals surface area contributed by atoms with E-state index >= 15 is 0 Å². The summed E-state index contributed by atoms with van der Waals surface area (Å²) in [6, 6.07) is 12.6. The van der Waals surface area contributed by atoms with Crippen LogP contribution in [0, 0.1) is 6.42 Å². The van der Waals surface area contributed by atoms with Crippen molar-refractivity contribution in [1.29, 1.82) is 0 Å². The van der Waals surface area contributed by atoms with Crippen LogP contribution in [-0.2, 0) is 17.6 Å². The highest BCUT2D eigenvalue weighted by atomic mass is 16.5. The molecule has 3 rings (SSSR count). The van der Waals surface area contributed by atoms with E-state index in [9.17, 15) is 0 Å². The molecule has 20 heavy (non-hydrogen) atoms. The Hall–Kier alpha value is -1.61. The van der Waals surface area contributed by atoms with Crippen LogP contribution in [0.4, 0.5) is 0 Å². The van der Waals surface area contributed by atoms with Crippen molar-refractivity contribution in [2.24, 2.45) is 0 Å². The van der Waals surface area contributed by atoms with E-state index in [0.717, 1.165) is 31.6 Å². The predicted octanol–water partition coefficient (Wildman–Crippen LogP) is 3.57. The van der Waals surface area contributed by atoms with Crippen molar-refractivity contribution in [1.82, 2.24) is 9.78 Å². The van der Waals surface area contributed by atoms with Gasteiger partial charge in [0.2, 0.25) is 0 Å². The van der Waals surface area contributed by atoms with Crippen LogP contribution < -0.4 is 0 Å². The normalized spacial score (nSPS) is 19.1. The van der Waals surface area contributed by atoms with Crippen molar-refractivity contribution in [2.75, 3.05) is 6.61 Å². The molecule has 0 bridgehead atoms. The van der Waals surface area contributed by atoms with Crippen LogP contribution in [0.1, 0.15) is 36.7 Å². The van der Waals surface area contributed by atoms with Gasteiger partial charge in [-0.3, -0.25) is 0 Å². The molecule has 0 aliphatic carbocycles. The third-order valence-corrected chi connectivity index (χ3v) is 3.69. The number of hydrogen-bond acceptors (Lipinski definition) is 2. The molecular formula is C17H21N2O. The van der Waals surface area contributed by atoms with E-state index < -0.39 is 0 Å². The monoisotopic (exact) mass is 269 g/mol. The summed E-state index contributed by atoms with van der Waals surface area (Å²) < 4.78 is 7.72. The van der Waals surface area contributed by atoms with Gasteiger partial charge in [0.1, 0.15) is 6.23 Å². The maximum absolute atomic E-state index is 5.74. The molecule has 0 N–H and O–H groups in total. The quantitative estimate of drug-likeness (QED) is 0.829. The fraction of sp³-hybridized carbons (Fsp3) is 0.412. The summed E-state index contributed by atoms with van der Waals surface area (Å²) >= 11 is 0. The number of ether oxygens (including phenoxy) is 1. The number of benzene rings is 1. The summed E-state index contributed by atoms with van der Waals surface area (Å²) in [5.41, 5.74) is 2.47. The van der Waals surface area contributed by atoms with E-state index in [1.54, 1.807) is 0 Å². The topological polar surface area (TPSA) is 27.1 Å². The van der Waals surface area contributed by atoms with Gasteiger partial charge in [0.15, 0.2) is 0 Å². The molecule has 3 heteroatoms. The van der Waals surface area contributed by atoms with E-state index in [1.807, 2.05) is 10.9 Å². The second-order valence-electron chi connectivity index (χ2n) is 5.29. The first-order chi connectivity index (χ1) is 9.92. The van der Waals surface area contributed by atoms with Crippen molar-refractivity contribution in [2.45, 2.75) is 38.3 Å². The molecule has 1 aliphatic heterocycles. The SMILES string of the molecule is [CH](Cc1ccccc1)Cc1ccn(C2CCCCO2)n1. The summed E-state index contributed by atoms with van der Waals surface area (Å²) in [4.78, 5) is 0. The highest BCUT2D eigenvalue weighted by Gasteiger charge is 2.16. The molecule has 2 aromatic rings. The lowest BCUT2D eigenvalue weighted by atomic mass is 10.1. The summed E-state index contributed by atoms with van der Waals surface area (Å²) in [6.45, 7) is 0.861. The van der Waals surface area contributed by atoms with E-state index in [2.05, 4.69) is 47.9 Å². The molecule has 1 aliphatic rings. The molecule has 1 unspecified atom stereocenters. The summed E-state index contributed by atoms with van der Waals surface area (Å²) in [6.07, 6.45) is 9.87. The van der Waals surface area contributed by atoms with Crippen molar-refractivity contribution >= 4 is 0 Å². The van der Waals surface area contributed by atoms with Gasteiger partial charge in [-0.1, -0.05) is 30.3 Å². The Morgan fingerprint density at radius 3 is 2.85 bits per heavy atom. The molecule has 2 heterocycles. The Morgan fingerprint density at radius 1 is 1.15 bits per heavy atom. The van der Waals surface area contributed by atoms with Crippen LogP contribution in [-0.4, -0.2) is 16.4 Å². The van der Waals surface area contributed by atoms with Gasteiger partial charge in [0.05, 0.1) is 5.69 Å². The summed E-state index contributed by atoms with van der Waals surface area (Å²) in [5.74, 6) is 0. The Kier molecular flexibility index (Phi) is 4.49. The first kappa shape index (κ1) is 13.4. The smallest absolute Gasteiger partial charge is 0.150 e. The van der Waals surface area contributed by atoms with E-state index in [-0.39, 0.29) is 6.23 Å². The van der Waals surface area contributed by atoms with Gasteiger partial charge in [-0.2, -0.15) is 5.10 Å². The molecule has 1 aromatic carbocycles. The summed E-state index contributed by atoms with van der Waals surface area (Å²) in [5, 5.41) is 4.63. The Labute approximate surface area is 120 Å². The third-order valence-electron chi connectivity index (χ3n) is 3.69. The molecule has 0 spiro atoms. The molecule has 0 saturated carbocycles. The lowest BCUT2D eigenvalue weighted by Crippen LogP contribution is -2.18. The van der Waals surface area contributed by atoms with Crippen LogP contribution in [0.15, 0.2) is 42.6 Å². The van der Waals surface area contributed by atoms with E-state index in [1.165, 1.54) is 18.4 Å². The minimum atomic E-state index is 0.145. The second-order valence-corrected chi connectivity index (χ2v) is 5.29. The zero-order valence-electron chi connectivity index (χ0n) is 11.7. The zero-order chi connectivity index (χ0) is 13.6. The minimum absolute atomic E-state index is 0.145. The Balaban J connectivity index is 1.50. The van der Waals surface area contributed by atoms with Gasteiger partial charge in [-0.25, -0.2) is 4.68 Å².